The molecule has 0 spiro atoms. The van der Waals surface area contributed by atoms with Crippen LogP contribution in [0.25, 0.3) is 0 Å². The number of morpholine rings is 1. The number of carbonyl (C=O) groups is 1. The lowest BCUT2D eigenvalue weighted by atomic mass is 10.2. The third kappa shape index (κ3) is 2.93. The van der Waals surface area contributed by atoms with Crippen molar-refractivity contribution in [2.45, 2.75) is 13.0 Å². The smallest absolute Gasteiger partial charge is 0.256 e. The van der Waals surface area contributed by atoms with Crippen molar-refractivity contribution in [2.75, 3.05) is 41.0 Å². The van der Waals surface area contributed by atoms with Crippen LogP contribution in [-0.4, -0.2) is 48.3 Å². The third-order valence-corrected chi connectivity index (χ3v) is 5.15. The van der Waals surface area contributed by atoms with Gasteiger partial charge >= 0.3 is 0 Å². The normalized spacial score (nSPS) is 20.8. The molecule has 2 aliphatic heterocycles. The summed E-state index contributed by atoms with van der Waals surface area (Å²) >= 11 is 5.61. The molecule has 0 bridgehead atoms. The molecule has 1 aromatic carbocycles. The standard InChI is InChI=1S/C19H20N4O2S/c1-14-18(24)23(17-3-2-8-20-13-17)19(26)22(14)16-6-4-15(5-7-16)21-9-11-25-12-10-21/h2-8,13-14H,9-12H2,1H3. The summed E-state index contributed by atoms with van der Waals surface area (Å²) in [7, 11) is 0. The molecule has 1 unspecified atom stereocenters. The molecule has 3 heterocycles. The summed E-state index contributed by atoms with van der Waals surface area (Å²) < 4.78 is 5.40. The van der Waals surface area contributed by atoms with E-state index in [0.717, 1.165) is 37.7 Å². The van der Waals surface area contributed by atoms with Crippen LogP contribution in [0.15, 0.2) is 48.8 Å². The third-order valence-electron chi connectivity index (χ3n) is 4.77. The molecule has 2 aliphatic rings. The monoisotopic (exact) mass is 368 g/mol. The Labute approximate surface area is 158 Å². The van der Waals surface area contributed by atoms with Crippen LogP contribution in [0.4, 0.5) is 17.1 Å². The first-order valence-corrected chi connectivity index (χ1v) is 9.07. The molecule has 0 saturated carbocycles. The van der Waals surface area contributed by atoms with E-state index in [1.165, 1.54) is 0 Å². The van der Waals surface area contributed by atoms with Gasteiger partial charge in [0.2, 0.25) is 0 Å². The molecule has 2 aromatic rings. The number of ether oxygens (including phenoxy) is 1. The van der Waals surface area contributed by atoms with Crippen molar-refractivity contribution in [2.24, 2.45) is 0 Å². The van der Waals surface area contributed by atoms with Crippen molar-refractivity contribution < 1.29 is 9.53 Å². The van der Waals surface area contributed by atoms with E-state index in [1.54, 1.807) is 23.4 Å². The number of benzene rings is 1. The molecule has 7 heteroatoms. The number of hydrogen-bond acceptors (Lipinski definition) is 5. The lowest BCUT2D eigenvalue weighted by molar-refractivity contribution is -0.117. The van der Waals surface area contributed by atoms with Crippen LogP contribution in [0.5, 0.6) is 0 Å². The Bertz CT molecular complexity index is 806. The van der Waals surface area contributed by atoms with Gasteiger partial charge in [0.1, 0.15) is 6.04 Å². The summed E-state index contributed by atoms with van der Waals surface area (Å²) in [6, 6.07) is 11.5. The summed E-state index contributed by atoms with van der Waals surface area (Å²) in [4.78, 5) is 22.6. The van der Waals surface area contributed by atoms with Crippen molar-refractivity contribution >= 4 is 40.3 Å². The van der Waals surface area contributed by atoms with Crippen molar-refractivity contribution in [3.05, 3.63) is 48.8 Å². The molecular formula is C19H20N4O2S. The maximum absolute atomic E-state index is 12.8. The molecule has 1 amide bonds. The molecule has 1 aromatic heterocycles. The fourth-order valence-electron chi connectivity index (χ4n) is 3.37. The number of carbonyl (C=O) groups excluding carboxylic acids is 1. The van der Waals surface area contributed by atoms with Gasteiger partial charge in [-0.15, -0.1) is 0 Å². The Morgan fingerprint density at radius 3 is 2.42 bits per heavy atom. The minimum absolute atomic E-state index is 0.0414. The predicted molar refractivity (Wildman–Crippen MR) is 106 cm³/mol. The first-order valence-electron chi connectivity index (χ1n) is 8.67. The van der Waals surface area contributed by atoms with Gasteiger partial charge in [0.05, 0.1) is 25.1 Å². The lowest BCUT2D eigenvalue weighted by Gasteiger charge is -2.29. The maximum Gasteiger partial charge on any atom is 0.256 e. The molecule has 4 rings (SSSR count). The zero-order valence-corrected chi connectivity index (χ0v) is 15.4. The van der Waals surface area contributed by atoms with Crippen LogP contribution in [-0.2, 0) is 9.53 Å². The number of hydrogen-bond donors (Lipinski definition) is 0. The molecular weight excluding hydrogens is 348 g/mol. The Kier molecular flexibility index (Phi) is 4.57. The van der Waals surface area contributed by atoms with Gasteiger partial charge in [-0.3, -0.25) is 14.7 Å². The Morgan fingerprint density at radius 1 is 1.08 bits per heavy atom. The van der Waals surface area contributed by atoms with Crippen LogP contribution < -0.4 is 14.7 Å². The first-order chi connectivity index (χ1) is 12.7. The summed E-state index contributed by atoms with van der Waals surface area (Å²) in [5, 5.41) is 0.481. The highest BCUT2D eigenvalue weighted by atomic mass is 32.1. The van der Waals surface area contributed by atoms with Gasteiger partial charge < -0.3 is 14.5 Å². The molecule has 0 radical (unpaired) electrons. The first kappa shape index (κ1) is 16.9. The molecule has 6 nitrogen and oxygen atoms in total. The Hall–Kier alpha value is -2.51. The summed E-state index contributed by atoms with van der Waals surface area (Å²) in [6.45, 7) is 5.17. The quantitative estimate of drug-likeness (QED) is 0.776. The summed E-state index contributed by atoms with van der Waals surface area (Å²) in [5.41, 5.74) is 2.77. The molecule has 0 N–H and O–H groups in total. The highest BCUT2D eigenvalue weighted by Gasteiger charge is 2.41. The average Bonchev–Trinajstić information content (AvgIpc) is 2.92. The fraction of sp³-hybridized carbons (Fsp3) is 0.316. The van der Waals surface area contributed by atoms with Crippen LogP contribution >= 0.6 is 12.2 Å². The van der Waals surface area contributed by atoms with Crippen molar-refractivity contribution in [1.29, 1.82) is 0 Å². The molecule has 26 heavy (non-hydrogen) atoms. The van der Waals surface area contributed by atoms with Crippen molar-refractivity contribution in [3.63, 3.8) is 0 Å². The zero-order chi connectivity index (χ0) is 18.1. The van der Waals surface area contributed by atoms with Gasteiger partial charge in [0.25, 0.3) is 5.91 Å². The van der Waals surface area contributed by atoms with E-state index < -0.39 is 0 Å². The lowest BCUT2D eigenvalue weighted by Crippen LogP contribution is -2.36. The molecule has 0 aliphatic carbocycles. The van der Waals surface area contributed by atoms with Gasteiger partial charge in [-0.25, -0.2) is 0 Å². The number of pyridine rings is 1. The van der Waals surface area contributed by atoms with E-state index in [9.17, 15) is 4.79 Å². The Morgan fingerprint density at radius 2 is 1.77 bits per heavy atom. The molecule has 1 atom stereocenters. The van der Waals surface area contributed by atoms with Crippen LogP contribution in [0.1, 0.15) is 6.92 Å². The zero-order valence-electron chi connectivity index (χ0n) is 14.5. The molecule has 134 valence electrons. The van der Waals surface area contributed by atoms with E-state index in [1.807, 2.05) is 30.0 Å². The SMILES string of the molecule is CC1C(=O)N(c2cccnc2)C(=S)N1c1ccc(N2CCOCC2)cc1. The highest BCUT2D eigenvalue weighted by Crippen LogP contribution is 2.31. The second-order valence-corrected chi connectivity index (χ2v) is 6.69. The minimum atomic E-state index is -0.350. The van der Waals surface area contributed by atoms with E-state index in [-0.39, 0.29) is 11.9 Å². The minimum Gasteiger partial charge on any atom is -0.378 e. The number of thiocarbonyl (C=S) groups is 1. The Balaban J connectivity index is 1.59. The second kappa shape index (κ2) is 7.01. The number of rotatable bonds is 3. The number of amides is 1. The van der Waals surface area contributed by atoms with Crippen molar-refractivity contribution in [3.8, 4) is 0 Å². The van der Waals surface area contributed by atoms with Crippen LogP contribution in [0, 0.1) is 0 Å². The van der Waals surface area contributed by atoms with Crippen molar-refractivity contribution in [1.82, 2.24) is 4.98 Å². The van der Waals surface area contributed by atoms with Gasteiger partial charge in [0.15, 0.2) is 5.11 Å². The van der Waals surface area contributed by atoms with Gasteiger partial charge in [0, 0.05) is 30.7 Å². The second-order valence-electron chi connectivity index (χ2n) is 6.33. The van der Waals surface area contributed by atoms with Gasteiger partial charge in [-0.1, -0.05) is 0 Å². The van der Waals surface area contributed by atoms with E-state index in [2.05, 4.69) is 22.0 Å². The number of anilines is 3. The van der Waals surface area contributed by atoms with Gasteiger partial charge in [-0.2, -0.15) is 0 Å². The van der Waals surface area contributed by atoms with E-state index in [4.69, 9.17) is 17.0 Å². The average molecular weight is 368 g/mol. The van der Waals surface area contributed by atoms with E-state index in [0.29, 0.717) is 10.8 Å². The van der Waals surface area contributed by atoms with Gasteiger partial charge in [-0.05, 0) is 55.5 Å². The van der Waals surface area contributed by atoms with E-state index >= 15 is 0 Å². The maximum atomic E-state index is 12.8. The summed E-state index contributed by atoms with van der Waals surface area (Å²) in [6.07, 6.45) is 3.33. The largest absolute Gasteiger partial charge is 0.378 e. The van der Waals surface area contributed by atoms with Crippen LogP contribution in [0.3, 0.4) is 0 Å². The number of nitrogens with zero attached hydrogens (tertiary/aromatic N) is 4. The fourth-order valence-corrected chi connectivity index (χ4v) is 3.83. The molecule has 2 saturated heterocycles. The summed E-state index contributed by atoms with van der Waals surface area (Å²) in [5.74, 6) is -0.0414. The molecule has 2 fully saturated rings. The predicted octanol–water partition coefficient (Wildman–Crippen LogP) is 2.44. The van der Waals surface area contributed by atoms with Crippen LogP contribution in [0.2, 0.25) is 0 Å². The number of aromatic nitrogens is 1. The topological polar surface area (TPSA) is 48.9 Å². The highest BCUT2D eigenvalue weighted by molar-refractivity contribution is 7.81.